The second-order valence-electron chi connectivity index (χ2n) is 11.3. The molecule has 2 amide bonds. The van der Waals surface area contributed by atoms with E-state index in [2.05, 4.69) is 10.6 Å². The van der Waals surface area contributed by atoms with Gasteiger partial charge in [-0.25, -0.2) is 13.2 Å². The Morgan fingerprint density at radius 2 is 1.38 bits per heavy atom. The normalized spacial score (nSPS) is 14.4. The lowest BCUT2D eigenvalue weighted by Crippen LogP contribution is -2.56. The second kappa shape index (κ2) is 16.9. The summed E-state index contributed by atoms with van der Waals surface area (Å²) >= 11 is 0. The first-order valence-corrected chi connectivity index (χ1v) is 16.2. The molecular formula is C33H43N3O8S. The minimum atomic E-state index is -4.05. The van der Waals surface area contributed by atoms with Gasteiger partial charge in [0.2, 0.25) is 15.9 Å². The molecule has 3 aromatic carbocycles. The first-order chi connectivity index (χ1) is 21.4. The molecule has 0 aliphatic carbocycles. The molecule has 11 nitrogen and oxygen atoms in total. The Labute approximate surface area is 264 Å². The van der Waals surface area contributed by atoms with Crippen LogP contribution in [0.2, 0.25) is 0 Å². The first kappa shape index (κ1) is 35.5. The smallest absolute Gasteiger partial charge is 0.405 e. The van der Waals surface area contributed by atoms with E-state index in [4.69, 9.17) is 4.74 Å². The van der Waals surface area contributed by atoms with E-state index >= 15 is 0 Å². The zero-order valence-electron chi connectivity index (χ0n) is 25.7. The maximum Gasteiger partial charge on any atom is 0.405 e. The molecule has 4 atom stereocenters. The summed E-state index contributed by atoms with van der Waals surface area (Å²) in [7, 11) is -2.57. The maximum absolute atomic E-state index is 13.7. The van der Waals surface area contributed by atoms with Crippen molar-refractivity contribution in [2.24, 2.45) is 5.92 Å². The molecule has 0 aliphatic rings. The number of carboxylic acid groups (broad SMARTS) is 1. The van der Waals surface area contributed by atoms with E-state index in [9.17, 15) is 33.3 Å². The molecule has 0 radical (unpaired) electrons. The molecule has 0 spiro atoms. The summed E-state index contributed by atoms with van der Waals surface area (Å²) in [6.07, 6.45) is -3.74. The number of sulfonamides is 1. The fourth-order valence-corrected chi connectivity index (χ4v) is 6.59. The summed E-state index contributed by atoms with van der Waals surface area (Å²) < 4.78 is 33.7. The van der Waals surface area contributed by atoms with Gasteiger partial charge in [-0.1, -0.05) is 74.5 Å². The molecule has 0 aromatic heterocycles. The largest absolute Gasteiger partial charge is 0.497 e. The monoisotopic (exact) mass is 641 g/mol. The molecule has 0 saturated carbocycles. The van der Waals surface area contributed by atoms with E-state index in [0.717, 1.165) is 11.1 Å². The average Bonchev–Trinajstić information content (AvgIpc) is 3.00. The SMILES string of the molecule is COc1ccc(S(=O)(=O)N(CC(C)C)C[C@H](O)[C@H](Cc2ccccc2)NC(=O)[C@H](CC(O)Cc2ccccc2)NC(=O)O)cc1. The van der Waals surface area contributed by atoms with E-state index in [0.29, 0.717) is 5.75 Å². The fourth-order valence-electron chi connectivity index (χ4n) is 4.97. The Morgan fingerprint density at radius 3 is 1.89 bits per heavy atom. The molecule has 12 heteroatoms. The quantitative estimate of drug-likeness (QED) is 0.150. The maximum atomic E-state index is 13.7. The number of carbonyl (C=O) groups is 2. The third kappa shape index (κ3) is 11.2. The van der Waals surface area contributed by atoms with Gasteiger partial charge in [-0.3, -0.25) is 4.79 Å². The van der Waals surface area contributed by atoms with E-state index in [-0.39, 0.29) is 43.2 Å². The van der Waals surface area contributed by atoms with Gasteiger partial charge in [-0.2, -0.15) is 4.31 Å². The Morgan fingerprint density at radius 1 is 0.822 bits per heavy atom. The van der Waals surface area contributed by atoms with Crippen LogP contribution in [0.4, 0.5) is 4.79 Å². The Balaban J connectivity index is 1.85. The average molecular weight is 642 g/mol. The first-order valence-electron chi connectivity index (χ1n) is 14.8. The highest BCUT2D eigenvalue weighted by Gasteiger charge is 2.33. The molecule has 1 unspecified atom stereocenters. The van der Waals surface area contributed by atoms with Gasteiger partial charge in [0.1, 0.15) is 11.8 Å². The van der Waals surface area contributed by atoms with Crippen LogP contribution in [0.15, 0.2) is 89.8 Å². The molecule has 0 aliphatic heterocycles. The molecule has 0 saturated heterocycles. The summed E-state index contributed by atoms with van der Waals surface area (Å²) in [5.41, 5.74) is 1.59. The Kier molecular flexibility index (Phi) is 13.4. The van der Waals surface area contributed by atoms with Crippen LogP contribution < -0.4 is 15.4 Å². The number of aliphatic hydroxyl groups is 2. The van der Waals surface area contributed by atoms with Crippen LogP contribution in [0.25, 0.3) is 0 Å². The molecule has 0 bridgehead atoms. The van der Waals surface area contributed by atoms with E-state index in [1.54, 1.807) is 12.1 Å². The van der Waals surface area contributed by atoms with Crippen molar-refractivity contribution in [1.29, 1.82) is 0 Å². The van der Waals surface area contributed by atoms with E-state index in [1.165, 1.54) is 35.7 Å². The van der Waals surface area contributed by atoms with Gasteiger partial charge in [0, 0.05) is 19.5 Å². The van der Waals surface area contributed by atoms with Crippen LogP contribution in [-0.4, -0.2) is 84.5 Å². The highest BCUT2D eigenvalue weighted by atomic mass is 32.2. The molecular weight excluding hydrogens is 598 g/mol. The molecule has 5 N–H and O–H groups in total. The number of ether oxygens (including phenoxy) is 1. The van der Waals surface area contributed by atoms with Crippen molar-refractivity contribution < 1.29 is 38.1 Å². The second-order valence-corrected chi connectivity index (χ2v) is 13.3. The number of nitrogens with zero attached hydrogens (tertiary/aromatic N) is 1. The lowest BCUT2D eigenvalue weighted by molar-refractivity contribution is -0.125. The number of nitrogens with one attached hydrogen (secondary N) is 2. The van der Waals surface area contributed by atoms with Crippen molar-refractivity contribution in [2.45, 2.75) is 62.3 Å². The topological polar surface area (TPSA) is 165 Å². The predicted octanol–water partition coefficient (Wildman–Crippen LogP) is 3.06. The summed E-state index contributed by atoms with van der Waals surface area (Å²) in [6.45, 7) is 3.48. The zero-order valence-corrected chi connectivity index (χ0v) is 26.6. The standard InChI is InChI=1S/C33H43N3O8S/c1-23(2)21-36(45(42,43)28-16-14-27(44-3)15-17-28)22-31(38)29(19-25-12-8-5-9-13-25)34-32(39)30(35-33(40)41)20-26(37)18-24-10-6-4-7-11-24/h4-17,23,26,29-31,35,37-38H,18-22H2,1-3H3,(H,34,39)(H,40,41)/t26?,29-,30-,31-/m0/s1. The molecule has 3 aromatic rings. The molecule has 0 heterocycles. The number of rotatable bonds is 17. The number of carbonyl (C=O) groups excluding carboxylic acids is 1. The molecule has 3 rings (SSSR count). The van der Waals surface area contributed by atoms with E-state index < -0.39 is 46.3 Å². The summed E-state index contributed by atoms with van der Waals surface area (Å²) in [4.78, 5) is 25.1. The van der Waals surface area contributed by atoms with Gasteiger partial charge in [-0.05, 0) is 54.2 Å². The van der Waals surface area contributed by atoms with Gasteiger partial charge in [-0.15, -0.1) is 0 Å². The van der Waals surface area contributed by atoms with Gasteiger partial charge < -0.3 is 30.7 Å². The third-order valence-electron chi connectivity index (χ3n) is 7.18. The van der Waals surface area contributed by atoms with Crippen molar-refractivity contribution in [2.75, 3.05) is 20.2 Å². The van der Waals surface area contributed by atoms with Crippen molar-refractivity contribution >= 4 is 22.0 Å². The molecule has 0 fully saturated rings. The predicted molar refractivity (Wildman–Crippen MR) is 170 cm³/mol. The number of methoxy groups -OCH3 is 1. The van der Waals surface area contributed by atoms with Crippen LogP contribution in [0.3, 0.4) is 0 Å². The summed E-state index contributed by atoms with van der Waals surface area (Å²) in [5.74, 6) is -0.339. The Bertz CT molecular complexity index is 1450. The van der Waals surface area contributed by atoms with Crippen molar-refractivity contribution in [3.8, 4) is 5.75 Å². The number of benzene rings is 3. The number of aliphatic hydroxyl groups excluding tert-OH is 2. The van der Waals surface area contributed by atoms with Crippen LogP contribution >= 0.6 is 0 Å². The number of hydrogen-bond acceptors (Lipinski definition) is 7. The number of amides is 2. The van der Waals surface area contributed by atoms with Crippen molar-refractivity contribution in [1.82, 2.24) is 14.9 Å². The van der Waals surface area contributed by atoms with Crippen LogP contribution in [-0.2, 0) is 27.7 Å². The van der Waals surface area contributed by atoms with Crippen molar-refractivity contribution in [3.05, 3.63) is 96.1 Å². The number of hydrogen-bond donors (Lipinski definition) is 5. The highest BCUT2D eigenvalue weighted by Crippen LogP contribution is 2.22. The van der Waals surface area contributed by atoms with Crippen LogP contribution in [0.1, 0.15) is 31.4 Å². The summed E-state index contributed by atoms with van der Waals surface area (Å²) in [5, 5.41) is 36.6. The zero-order chi connectivity index (χ0) is 33.0. The lowest BCUT2D eigenvalue weighted by atomic mass is 9.98. The Hall–Kier alpha value is -3.97. The van der Waals surface area contributed by atoms with Crippen LogP contribution in [0.5, 0.6) is 5.75 Å². The third-order valence-corrected chi connectivity index (χ3v) is 9.03. The highest BCUT2D eigenvalue weighted by molar-refractivity contribution is 7.89. The van der Waals surface area contributed by atoms with Gasteiger partial charge >= 0.3 is 6.09 Å². The minimum absolute atomic E-state index is 0.0259. The summed E-state index contributed by atoms with van der Waals surface area (Å²) in [6, 6.07) is 21.7. The molecule has 45 heavy (non-hydrogen) atoms. The van der Waals surface area contributed by atoms with Crippen molar-refractivity contribution in [3.63, 3.8) is 0 Å². The lowest BCUT2D eigenvalue weighted by Gasteiger charge is -2.31. The minimum Gasteiger partial charge on any atom is -0.497 e. The van der Waals surface area contributed by atoms with Gasteiger partial charge in [0.15, 0.2) is 0 Å². The van der Waals surface area contributed by atoms with Crippen LogP contribution in [0, 0.1) is 5.92 Å². The molecule has 244 valence electrons. The van der Waals surface area contributed by atoms with E-state index in [1.807, 2.05) is 62.4 Å². The fraction of sp³-hybridized carbons (Fsp3) is 0.394. The van der Waals surface area contributed by atoms with Gasteiger partial charge in [0.05, 0.1) is 30.3 Å². The van der Waals surface area contributed by atoms with Gasteiger partial charge in [0.25, 0.3) is 0 Å².